The molecule has 3 aromatic carbocycles. The van der Waals surface area contributed by atoms with Gasteiger partial charge < -0.3 is 15.4 Å². The highest BCUT2D eigenvalue weighted by atomic mass is 35.5. The van der Waals surface area contributed by atoms with Crippen molar-refractivity contribution in [3.8, 4) is 17.6 Å². The lowest BCUT2D eigenvalue weighted by Crippen LogP contribution is -2.15. The Bertz CT molecular complexity index is 1170. The quantitative estimate of drug-likeness (QED) is 0.322. The summed E-state index contributed by atoms with van der Waals surface area (Å²) in [6.07, 6.45) is -3.52. The van der Waals surface area contributed by atoms with E-state index in [1.54, 1.807) is 30.3 Å². The standard InChI is InChI=1S/C23H15ClF3N3O2/c24-21-11-8-17(12-20(21)23(25,26)27)30-22(31)15(13-28)14-29-16-6-9-19(10-7-16)32-18-4-2-1-3-5-18/h1-12,14,29H,(H,30,31)/b15-14-. The molecule has 0 aliphatic rings. The summed E-state index contributed by atoms with van der Waals surface area (Å²) in [4.78, 5) is 12.3. The molecule has 0 aliphatic heterocycles. The molecule has 0 radical (unpaired) electrons. The first-order valence-electron chi connectivity index (χ1n) is 9.14. The van der Waals surface area contributed by atoms with Crippen LogP contribution in [0.25, 0.3) is 0 Å². The zero-order chi connectivity index (χ0) is 23.1. The molecule has 1 amide bonds. The van der Waals surface area contributed by atoms with Gasteiger partial charge in [-0.3, -0.25) is 4.79 Å². The lowest BCUT2D eigenvalue weighted by Gasteiger charge is -2.11. The Morgan fingerprint density at radius 3 is 2.22 bits per heavy atom. The third kappa shape index (κ3) is 6.03. The number of benzene rings is 3. The van der Waals surface area contributed by atoms with E-state index in [1.165, 1.54) is 6.07 Å². The summed E-state index contributed by atoms with van der Waals surface area (Å²) in [6, 6.07) is 20.6. The van der Waals surface area contributed by atoms with Gasteiger partial charge in [-0.15, -0.1) is 0 Å². The van der Waals surface area contributed by atoms with Crippen molar-refractivity contribution in [1.29, 1.82) is 5.26 Å². The molecule has 0 spiro atoms. The number of anilines is 2. The Morgan fingerprint density at radius 1 is 0.969 bits per heavy atom. The summed E-state index contributed by atoms with van der Waals surface area (Å²) in [5, 5.41) is 13.8. The molecule has 32 heavy (non-hydrogen) atoms. The SMILES string of the molecule is N#C/C(=C/Nc1ccc(Oc2ccccc2)cc1)C(=O)Nc1ccc(Cl)c(C(F)(F)F)c1. The molecular formula is C23H15ClF3N3O2. The first-order valence-corrected chi connectivity index (χ1v) is 9.52. The first-order chi connectivity index (χ1) is 15.3. The minimum absolute atomic E-state index is 0.143. The van der Waals surface area contributed by atoms with Gasteiger partial charge in [-0.05, 0) is 54.6 Å². The van der Waals surface area contributed by atoms with Gasteiger partial charge in [0.1, 0.15) is 23.1 Å². The molecule has 0 unspecified atom stereocenters. The van der Waals surface area contributed by atoms with Crippen molar-refractivity contribution in [2.75, 3.05) is 10.6 Å². The van der Waals surface area contributed by atoms with Crippen molar-refractivity contribution >= 4 is 28.9 Å². The summed E-state index contributed by atoms with van der Waals surface area (Å²) in [5.74, 6) is 0.388. The third-order valence-corrected chi connectivity index (χ3v) is 4.44. The molecule has 3 rings (SSSR count). The van der Waals surface area contributed by atoms with Crippen LogP contribution in [-0.4, -0.2) is 5.91 Å². The molecule has 0 aliphatic carbocycles. The second-order valence-electron chi connectivity index (χ2n) is 6.40. The molecule has 0 saturated carbocycles. The second-order valence-corrected chi connectivity index (χ2v) is 6.81. The first kappa shape index (κ1) is 22.7. The van der Waals surface area contributed by atoms with Crippen molar-refractivity contribution in [2.45, 2.75) is 6.18 Å². The Morgan fingerprint density at radius 2 is 1.59 bits per heavy atom. The van der Waals surface area contributed by atoms with Crippen LogP contribution in [0.2, 0.25) is 5.02 Å². The van der Waals surface area contributed by atoms with Gasteiger partial charge in [0.25, 0.3) is 5.91 Å². The highest BCUT2D eigenvalue weighted by molar-refractivity contribution is 6.31. The summed E-state index contributed by atoms with van der Waals surface area (Å²) in [7, 11) is 0. The number of carbonyl (C=O) groups excluding carboxylic acids is 1. The van der Waals surface area contributed by atoms with Crippen LogP contribution < -0.4 is 15.4 Å². The number of nitriles is 1. The summed E-state index contributed by atoms with van der Waals surface area (Å²) < 4.78 is 44.6. The van der Waals surface area contributed by atoms with Crippen molar-refractivity contribution in [3.05, 3.63) is 95.2 Å². The number of para-hydroxylation sites is 1. The zero-order valence-electron chi connectivity index (χ0n) is 16.3. The molecule has 2 N–H and O–H groups in total. The minimum Gasteiger partial charge on any atom is -0.457 e. The molecule has 0 saturated heterocycles. The summed E-state index contributed by atoms with van der Waals surface area (Å²) >= 11 is 5.57. The number of nitrogens with zero attached hydrogens (tertiary/aromatic N) is 1. The predicted octanol–water partition coefficient (Wildman–Crippen LogP) is 6.61. The van der Waals surface area contributed by atoms with E-state index in [9.17, 15) is 23.2 Å². The number of halogens is 4. The van der Waals surface area contributed by atoms with Gasteiger partial charge in [0, 0.05) is 17.6 Å². The van der Waals surface area contributed by atoms with Crippen LogP contribution in [-0.2, 0) is 11.0 Å². The van der Waals surface area contributed by atoms with E-state index in [0.717, 1.165) is 12.3 Å². The average molecular weight is 458 g/mol. The van der Waals surface area contributed by atoms with Crippen LogP contribution in [0.15, 0.2) is 84.6 Å². The predicted molar refractivity (Wildman–Crippen MR) is 115 cm³/mol. The number of hydrogen-bond acceptors (Lipinski definition) is 4. The minimum atomic E-state index is -4.68. The van der Waals surface area contributed by atoms with E-state index >= 15 is 0 Å². The molecule has 0 fully saturated rings. The average Bonchev–Trinajstić information content (AvgIpc) is 2.76. The molecular weight excluding hydrogens is 443 g/mol. The summed E-state index contributed by atoms with van der Waals surface area (Å²) in [6.45, 7) is 0. The van der Waals surface area contributed by atoms with E-state index in [-0.39, 0.29) is 11.3 Å². The second kappa shape index (κ2) is 9.90. The van der Waals surface area contributed by atoms with Crippen LogP contribution in [0.4, 0.5) is 24.5 Å². The molecule has 9 heteroatoms. The molecule has 0 bridgehead atoms. The van der Waals surface area contributed by atoms with Gasteiger partial charge in [-0.1, -0.05) is 29.8 Å². The van der Waals surface area contributed by atoms with E-state index in [4.69, 9.17) is 16.3 Å². The Hall–Kier alpha value is -3.96. The fraction of sp³-hybridized carbons (Fsp3) is 0.0435. The van der Waals surface area contributed by atoms with Crippen LogP contribution in [0.5, 0.6) is 11.5 Å². The maximum absolute atomic E-state index is 13.0. The monoisotopic (exact) mass is 457 g/mol. The van der Waals surface area contributed by atoms with Gasteiger partial charge in [-0.2, -0.15) is 18.4 Å². The van der Waals surface area contributed by atoms with Gasteiger partial charge in [0.2, 0.25) is 0 Å². The number of alkyl halides is 3. The number of amides is 1. The number of carbonyl (C=O) groups is 1. The number of ether oxygens (including phenoxy) is 1. The topological polar surface area (TPSA) is 74.1 Å². The Kier molecular flexibility index (Phi) is 7.03. The van der Waals surface area contributed by atoms with Crippen LogP contribution in [0, 0.1) is 11.3 Å². The van der Waals surface area contributed by atoms with E-state index in [0.29, 0.717) is 23.3 Å². The van der Waals surface area contributed by atoms with Crippen molar-refractivity contribution in [3.63, 3.8) is 0 Å². The van der Waals surface area contributed by atoms with Crippen LogP contribution >= 0.6 is 11.6 Å². The Balaban J connectivity index is 1.66. The maximum Gasteiger partial charge on any atom is 0.417 e. The lowest BCUT2D eigenvalue weighted by molar-refractivity contribution is -0.137. The highest BCUT2D eigenvalue weighted by Crippen LogP contribution is 2.36. The van der Waals surface area contributed by atoms with Crippen molar-refractivity contribution in [1.82, 2.24) is 0 Å². The fourth-order valence-corrected chi connectivity index (χ4v) is 2.79. The lowest BCUT2D eigenvalue weighted by atomic mass is 10.2. The molecule has 0 heterocycles. The molecule has 3 aromatic rings. The largest absolute Gasteiger partial charge is 0.457 e. The summed E-state index contributed by atoms with van der Waals surface area (Å²) in [5.41, 5.74) is -0.999. The zero-order valence-corrected chi connectivity index (χ0v) is 17.0. The van der Waals surface area contributed by atoms with Gasteiger partial charge in [-0.25, -0.2) is 0 Å². The van der Waals surface area contributed by atoms with Gasteiger partial charge in [0.15, 0.2) is 0 Å². The molecule has 162 valence electrons. The number of nitrogens with one attached hydrogen (secondary N) is 2. The van der Waals surface area contributed by atoms with E-state index in [2.05, 4.69) is 10.6 Å². The maximum atomic E-state index is 13.0. The van der Waals surface area contributed by atoms with Crippen molar-refractivity contribution < 1.29 is 22.7 Å². The Labute approximate surface area is 186 Å². The highest BCUT2D eigenvalue weighted by Gasteiger charge is 2.33. The third-order valence-electron chi connectivity index (χ3n) is 4.11. The number of rotatable bonds is 6. The van der Waals surface area contributed by atoms with Crippen molar-refractivity contribution in [2.24, 2.45) is 0 Å². The van der Waals surface area contributed by atoms with E-state index < -0.39 is 22.7 Å². The van der Waals surface area contributed by atoms with Gasteiger partial charge >= 0.3 is 6.18 Å². The molecule has 0 atom stereocenters. The van der Waals surface area contributed by atoms with Crippen LogP contribution in [0.3, 0.4) is 0 Å². The molecule has 5 nitrogen and oxygen atoms in total. The smallest absolute Gasteiger partial charge is 0.417 e. The van der Waals surface area contributed by atoms with Crippen LogP contribution in [0.1, 0.15) is 5.56 Å². The van der Waals surface area contributed by atoms with E-state index in [1.807, 2.05) is 30.3 Å². The fourth-order valence-electron chi connectivity index (χ4n) is 2.57. The number of hydrogen-bond donors (Lipinski definition) is 2. The normalized spacial score (nSPS) is 11.4. The van der Waals surface area contributed by atoms with Gasteiger partial charge in [0.05, 0.1) is 10.6 Å². The molecule has 0 aromatic heterocycles.